The lowest BCUT2D eigenvalue weighted by atomic mass is 9.96. The molecule has 1 saturated heterocycles. The summed E-state index contributed by atoms with van der Waals surface area (Å²) in [4.78, 5) is 14.1. The molecule has 0 aromatic carbocycles. The summed E-state index contributed by atoms with van der Waals surface area (Å²) in [6.45, 7) is 4.10. The molecule has 6 atom stereocenters. The number of aliphatic hydroxyl groups excluding tert-OH is 2. The van der Waals surface area contributed by atoms with Crippen LogP contribution in [0.5, 0.6) is 0 Å². The summed E-state index contributed by atoms with van der Waals surface area (Å²) in [6, 6.07) is 4.96. The van der Waals surface area contributed by atoms with Crippen molar-refractivity contribution in [3.05, 3.63) is 24.2 Å². The number of phosphoric ester groups is 1. The molecule has 0 radical (unpaired) electrons. The number of aromatic nitrogens is 3. The van der Waals surface area contributed by atoms with E-state index in [1.54, 1.807) is 18.2 Å². The Balaban J connectivity index is 1.32. The summed E-state index contributed by atoms with van der Waals surface area (Å²) < 4.78 is 35.6. The van der Waals surface area contributed by atoms with Crippen molar-refractivity contribution in [1.82, 2.24) is 14.6 Å². The molecule has 5 N–H and O–H groups in total. The lowest BCUT2D eigenvalue weighted by molar-refractivity contribution is -0.0748. The molecule has 1 fully saturated rings. The van der Waals surface area contributed by atoms with Crippen LogP contribution in [0.4, 0.5) is 5.82 Å². The number of nitrogen functional groups attached to an aromatic ring is 1. The SMILES string of the molecule is CCCCCCCCCCCCCCOC[C@@H](C)COP(=O)(O)OC[C@@]1(C#N)OC(c2ccc3c(N)ncnn23)[C@H](O)[C@@H]1O. The second kappa shape index (κ2) is 18.1. The Hall–Kier alpha value is -2.14. The minimum absolute atomic E-state index is 0.113. The van der Waals surface area contributed by atoms with E-state index < -0.39 is 38.3 Å². The van der Waals surface area contributed by atoms with E-state index >= 15 is 0 Å². The van der Waals surface area contributed by atoms with Crippen molar-refractivity contribution in [1.29, 1.82) is 5.26 Å². The number of rotatable bonds is 22. The predicted octanol–water partition coefficient (Wildman–Crippen LogP) is 4.85. The number of hydrogen-bond acceptors (Lipinski definition) is 11. The van der Waals surface area contributed by atoms with Gasteiger partial charge in [-0.05, 0) is 18.6 Å². The van der Waals surface area contributed by atoms with Crippen molar-refractivity contribution in [3.63, 3.8) is 0 Å². The molecule has 0 spiro atoms. The molecule has 3 rings (SSSR count). The first-order chi connectivity index (χ1) is 21.1. The fourth-order valence-electron chi connectivity index (χ4n) is 5.29. The minimum Gasteiger partial charge on any atom is -0.387 e. The molecule has 14 heteroatoms. The first-order valence-corrected chi connectivity index (χ1v) is 17.4. The number of fused-ring (bicyclic) bond motifs is 1. The molecule has 0 amide bonds. The van der Waals surface area contributed by atoms with Gasteiger partial charge in [0.2, 0.25) is 5.60 Å². The lowest BCUT2D eigenvalue weighted by Crippen LogP contribution is -2.45. The maximum atomic E-state index is 12.6. The Labute approximate surface area is 260 Å². The van der Waals surface area contributed by atoms with E-state index in [2.05, 4.69) is 17.0 Å². The van der Waals surface area contributed by atoms with Gasteiger partial charge in [-0.15, -0.1) is 0 Å². The molecule has 13 nitrogen and oxygen atoms in total. The zero-order valence-corrected chi connectivity index (χ0v) is 26.9. The molecule has 1 aliphatic heterocycles. The number of hydrogen-bond donors (Lipinski definition) is 4. The normalized spacial score (nSPS) is 24.0. The summed E-state index contributed by atoms with van der Waals surface area (Å²) in [5, 5.41) is 35.3. The van der Waals surface area contributed by atoms with Crippen molar-refractivity contribution in [2.24, 2.45) is 5.92 Å². The van der Waals surface area contributed by atoms with Crippen LogP contribution in [0.15, 0.2) is 18.5 Å². The number of ether oxygens (including phenoxy) is 2. The topological polar surface area (TPSA) is 195 Å². The average Bonchev–Trinajstić information content (AvgIpc) is 3.55. The van der Waals surface area contributed by atoms with Crippen molar-refractivity contribution in [3.8, 4) is 6.07 Å². The van der Waals surface area contributed by atoms with E-state index in [0.29, 0.717) is 24.4 Å². The van der Waals surface area contributed by atoms with Crippen LogP contribution in [0.3, 0.4) is 0 Å². The van der Waals surface area contributed by atoms with Gasteiger partial charge in [0.15, 0.2) is 5.82 Å². The van der Waals surface area contributed by atoms with Gasteiger partial charge in [-0.2, -0.15) is 10.4 Å². The van der Waals surface area contributed by atoms with E-state index in [1.165, 1.54) is 75.1 Å². The van der Waals surface area contributed by atoms with Crippen LogP contribution in [0.25, 0.3) is 5.52 Å². The van der Waals surface area contributed by atoms with Crippen LogP contribution in [0.2, 0.25) is 0 Å². The van der Waals surface area contributed by atoms with E-state index in [-0.39, 0.29) is 18.3 Å². The van der Waals surface area contributed by atoms with Crippen LogP contribution in [0.1, 0.15) is 103 Å². The third-order valence-electron chi connectivity index (χ3n) is 7.95. The molecule has 2 aromatic rings. The maximum Gasteiger partial charge on any atom is 0.472 e. The van der Waals surface area contributed by atoms with Crippen LogP contribution in [0, 0.1) is 17.2 Å². The van der Waals surface area contributed by atoms with Gasteiger partial charge in [-0.3, -0.25) is 9.05 Å². The standard InChI is InChI=1S/C30H50N5O8P/c1-3-4-5-6-7-8-9-10-11-12-13-14-17-40-18-23(2)19-41-44(38,39)42-21-30(20-31)28(37)26(36)27(43-30)24-15-16-25-29(32)33-22-34-35(24)25/h15-16,22-23,26-28,36-37H,3-14,17-19,21H2,1-2H3,(H,38,39)(H2,32,33,34)/t23-,26+,27?,28+,30-/m1/s1. The number of nitrogens with two attached hydrogens (primary N) is 1. The van der Waals surface area contributed by atoms with Crippen molar-refractivity contribution < 1.29 is 38.2 Å². The highest BCUT2D eigenvalue weighted by molar-refractivity contribution is 7.47. The number of nitriles is 1. The van der Waals surface area contributed by atoms with Gasteiger partial charge in [0.25, 0.3) is 0 Å². The van der Waals surface area contributed by atoms with Gasteiger partial charge in [0.1, 0.15) is 42.8 Å². The quantitative estimate of drug-likeness (QED) is 0.101. The molecule has 44 heavy (non-hydrogen) atoms. The van der Waals surface area contributed by atoms with Gasteiger partial charge >= 0.3 is 7.82 Å². The summed E-state index contributed by atoms with van der Waals surface area (Å²) in [5.41, 5.74) is 4.46. The van der Waals surface area contributed by atoms with E-state index in [1.807, 2.05) is 6.92 Å². The minimum atomic E-state index is -4.62. The molecule has 2 aromatic heterocycles. The number of aliphatic hydroxyl groups is 2. The maximum absolute atomic E-state index is 12.6. The third kappa shape index (κ3) is 10.5. The number of anilines is 1. The zero-order chi connectivity index (χ0) is 32.0. The second-order valence-corrected chi connectivity index (χ2v) is 13.2. The van der Waals surface area contributed by atoms with Crippen LogP contribution in [-0.2, 0) is 23.1 Å². The number of unbranched alkanes of at least 4 members (excludes halogenated alkanes) is 11. The molecule has 248 valence electrons. The zero-order valence-electron chi connectivity index (χ0n) is 26.1. The number of nitrogens with zero attached hydrogens (tertiary/aromatic N) is 4. The Morgan fingerprint density at radius 2 is 1.70 bits per heavy atom. The van der Waals surface area contributed by atoms with Gasteiger partial charge in [-0.25, -0.2) is 14.1 Å². The van der Waals surface area contributed by atoms with E-state index in [9.17, 15) is 24.9 Å². The molecule has 2 unspecified atom stereocenters. The summed E-state index contributed by atoms with van der Waals surface area (Å²) >= 11 is 0. The molecule has 0 saturated carbocycles. The van der Waals surface area contributed by atoms with Crippen molar-refractivity contribution in [2.75, 3.05) is 32.2 Å². The molecular weight excluding hydrogens is 589 g/mol. The molecule has 3 heterocycles. The predicted molar refractivity (Wildman–Crippen MR) is 164 cm³/mol. The van der Waals surface area contributed by atoms with Gasteiger partial charge in [0, 0.05) is 12.5 Å². The summed E-state index contributed by atoms with van der Waals surface area (Å²) in [7, 11) is -4.62. The Morgan fingerprint density at radius 1 is 1.07 bits per heavy atom. The first-order valence-electron chi connectivity index (χ1n) is 15.9. The average molecular weight is 640 g/mol. The number of phosphoric acid groups is 1. The van der Waals surface area contributed by atoms with E-state index in [0.717, 1.165) is 12.8 Å². The van der Waals surface area contributed by atoms with E-state index in [4.69, 9.17) is 24.3 Å². The van der Waals surface area contributed by atoms with Gasteiger partial charge < -0.3 is 30.3 Å². The Morgan fingerprint density at radius 3 is 2.34 bits per heavy atom. The van der Waals surface area contributed by atoms with Crippen LogP contribution in [-0.4, -0.2) is 73.9 Å². The highest BCUT2D eigenvalue weighted by atomic mass is 31.2. The van der Waals surface area contributed by atoms with Crippen molar-refractivity contribution >= 4 is 19.2 Å². The van der Waals surface area contributed by atoms with Gasteiger partial charge in [0.05, 0.1) is 18.9 Å². The molecule has 0 bridgehead atoms. The highest BCUT2D eigenvalue weighted by Crippen LogP contribution is 2.47. The molecular formula is C30H50N5O8P. The summed E-state index contributed by atoms with van der Waals surface area (Å²) in [5.74, 6) is 0.00873. The van der Waals surface area contributed by atoms with Crippen LogP contribution < -0.4 is 5.73 Å². The van der Waals surface area contributed by atoms with Crippen molar-refractivity contribution in [2.45, 2.75) is 115 Å². The smallest absolute Gasteiger partial charge is 0.387 e. The van der Waals surface area contributed by atoms with Gasteiger partial charge in [-0.1, -0.05) is 84.5 Å². The fourth-order valence-corrected chi connectivity index (χ4v) is 6.16. The van der Waals surface area contributed by atoms with Crippen LogP contribution >= 0.6 is 7.82 Å². The molecule has 0 aliphatic carbocycles. The second-order valence-electron chi connectivity index (χ2n) is 11.8. The Kier molecular flexibility index (Phi) is 15.0. The lowest BCUT2D eigenvalue weighted by Gasteiger charge is -2.25. The molecule has 1 aliphatic rings. The monoisotopic (exact) mass is 639 g/mol. The Bertz CT molecular complexity index is 1230. The first kappa shape index (κ1) is 36.3. The summed E-state index contributed by atoms with van der Waals surface area (Å²) in [6.07, 6.45) is 11.9. The fraction of sp³-hybridized carbons (Fsp3) is 0.767. The highest BCUT2D eigenvalue weighted by Gasteiger charge is 2.57. The third-order valence-corrected chi connectivity index (χ3v) is 8.88. The largest absolute Gasteiger partial charge is 0.472 e.